The molecule has 4 atom stereocenters. The molecule has 1 aromatic heterocycles. The van der Waals surface area contributed by atoms with Gasteiger partial charge in [0, 0.05) is 25.9 Å². The molecule has 136 valence electrons. The van der Waals surface area contributed by atoms with Crippen molar-refractivity contribution in [2.75, 3.05) is 7.05 Å². The molecule has 2 fully saturated rings. The molecule has 7 heteroatoms. The molecular formula is C20H17N3O4. The Morgan fingerprint density at radius 2 is 1.70 bits per heavy atom. The van der Waals surface area contributed by atoms with Crippen LogP contribution < -0.4 is 0 Å². The Balaban J connectivity index is 1.87. The molecule has 2 amide bonds. The fourth-order valence-corrected chi connectivity index (χ4v) is 5.07. The minimum Gasteiger partial charge on any atom is -0.349 e. The number of hydrogen-bond donors (Lipinski definition) is 0. The van der Waals surface area contributed by atoms with Crippen LogP contribution in [0.15, 0.2) is 42.7 Å². The molecule has 27 heavy (non-hydrogen) atoms. The number of benzene rings is 1. The summed E-state index contributed by atoms with van der Waals surface area (Å²) < 4.78 is 6.56. The number of rotatable bonds is 3. The number of fused-ring (bicyclic) bond motifs is 8. The average molecular weight is 363 g/mol. The van der Waals surface area contributed by atoms with Crippen LogP contribution in [0.2, 0.25) is 0 Å². The van der Waals surface area contributed by atoms with Gasteiger partial charge in [-0.15, -0.1) is 0 Å². The maximum absolute atomic E-state index is 13.1. The van der Waals surface area contributed by atoms with Gasteiger partial charge in [0.25, 0.3) is 0 Å². The Morgan fingerprint density at radius 3 is 2.37 bits per heavy atom. The second-order valence-electron chi connectivity index (χ2n) is 7.42. The Labute approximate surface area is 155 Å². The number of imide groups is 1. The van der Waals surface area contributed by atoms with Crippen molar-refractivity contribution in [3.63, 3.8) is 0 Å². The SMILES string of the molecule is CC(=O)C[C@]12O[C@](c3ccccc3)(c3nccnc31)C1C(=O)N(C)C(=O)C12. The van der Waals surface area contributed by atoms with E-state index in [1.54, 1.807) is 6.20 Å². The van der Waals surface area contributed by atoms with E-state index in [0.29, 0.717) is 11.4 Å². The van der Waals surface area contributed by atoms with Crippen LogP contribution in [-0.4, -0.2) is 39.5 Å². The Hall–Kier alpha value is -2.93. The zero-order valence-corrected chi connectivity index (χ0v) is 14.9. The molecule has 2 aromatic rings. The molecule has 3 aliphatic rings. The molecule has 2 bridgehead atoms. The monoisotopic (exact) mass is 363 g/mol. The number of amides is 2. The van der Waals surface area contributed by atoms with Gasteiger partial charge in [-0.25, -0.2) is 0 Å². The number of ketones is 1. The third kappa shape index (κ3) is 1.72. The van der Waals surface area contributed by atoms with Gasteiger partial charge < -0.3 is 4.74 Å². The first-order valence-electron chi connectivity index (χ1n) is 8.82. The van der Waals surface area contributed by atoms with Crippen molar-refractivity contribution >= 4 is 17.6 Å². The minimum absolute atomic E-state index is 0.0265. The molecule has 0 aliphatic carbocycles. The number of ether oxygens (including phenoxy) is 1. The zero-order chi connectivity index (χ0) is 19.0. The fourth-order valence-electron chi connectivity index (χ4n) is 5.07. The van der Waals surface area contributed by atoms with Crippen LogP contribution in [0.3, 0.4) is 0 Å². The van der Waals surface area contributed by atoms with Crippen molar-refractivity contribution in [2.24, 2.45) is 11.8 Å². The summed E-state index contributed by atoms with van der Waals surface area (Å²) in [4.78, 5) is 48.4. The summed E-state index contributed by atoms with van der Waals surface area (Å²) in [7, 11) is 1.48. The lowest BCUT2D eigenvalue weighted by atomic mass is 9.65. The molecule has 3 aliphatic heterocycles. The van der Waals surface area contributed by atoms with E-state index in [1.165, 1.54) is 20.2 Å². The normalized spacial score (nSPS) is 33.3. The van der Waals surface area contributed by atoms with Crippen molar-refractivity contribution in [1.82, 2.24) is 14.9 Å². The highest BCUT2D eigenvalue weighted by Gasteiger charge is 2.79. The lowest BCUT2D eigenvalue weighted by Crippen LogP contribution is -2.43. The fraction of sp³-hybridized carbons (Fsp3) is 0.350. The average Bonchev–Trinajstić information content (AvgIpc) is 3.22. The molecule has 5 rings (SSSR count). The maximum Gasteiger partial charge on any atom is 0.236 e. The van der Waals surface area contributed by atoms with Gasteiger partial charge >= 0.3 is 0 Å². The van der Waals surface area contributed by atoms with Gasteiger partial charge in [-0.2, -0.15) is 0 Å². The quantitative estimate of drug-likeness (QED) is 0.761. The Morgan fingerprint density at radius 1 is 1.07 bits per heavy atom. The van der Waals surface area contributed by atoms with Gasteiger partial charge in [0.1, 0.15) is 17.1 Å². The summed E-state index contributed by atoms with van der Waals surface area (Å²) in [6.45, 7) is 1.45. The molecule has 2 saturated heterocycles. The smallest absolute Gasteiger partial charge is 0.236 e. The third-order valence-corrected chi connectivity index (χ3v) is 5.98. The van der Waals surface area contributed by atoms with Crippen molar-refractivity contribution in [3.05, 3.63) is 59.7 Å². The molecule has 4 heterocycles. The number of nitrogens with zero attached hydrogens (tertiary/aromatic N) is 3. The number of Topliss-reactive ketones (excluding diaryl/α,β-unsaturated/α-hetero) is 1. The Kier molecular flexibility index (Phi) is 3.05. The van der Waals surface area contributed by atoms with Gasteiger partial charge in [-0.3, -0.25) is 29.3 Å². The molecular weight excluding hydrogens is 346 g/mol. The number of carbonyl (C=O) groups excluding carboxylic acids is 3. The summed E-state index contributed by atoms with van der Waals surface area (Å²) in [5, 5.41) is 0. The largest absolute Gasteiger partial charge is 0.349 e. The highest BCUT2D eigenvalue weighted by molar-refractivity contribution is 6.08. The first-order valence-corrected chi connectivity index (χ1v) is 8.82. The number of likely N-dealkylation sites (tertiary alicyclic amines) is 1. The van der Waals surface area contributed by atoms with Crippen LogP contribution in [0, 0.1) is 11.8 Å². The van der Waals surface area contributed by atoms with E-state index in [-0.39, 0.29) is 24.0 Å². The zero-order valence-electron chi connectivity index (χ0n) is 14.9. The van der Waals surface area contributed by atoms with Gasteiger partial charge in [0.05, 0.1) is 17.5 Å². The maximum atomic E-state index is 13.1. The van der Waals surface area contributed by atoms with E-state index in [2.05, 4.69) is 9.97 Å². The molecule has 0 radical (unpaired) electrons. The van der Waals surface area contributed by atoms with Gasteiger partial charge in [0.2, 0.25) is 11.8 Å². The van der Waals surface area contributed by atoms with Gasteiger partial charge in [0.15, 0.2) is 5.60 Å². The predicted octanol–water partition coefficient (Wildman–Crippen LogP) is 1.17. The van der Waals surface area contributed by atoms with E-state index in [9.17, 15) is 14.4 Å². The summed E-state index contributed by atoms with van der Waals surface area (Å²) in [6.07, 6.45) is 3.06. The molecule has 7 nitrogen and oxygen atoms in total. The van der Waals surface area contributed by atoms with E-state index in [1.807, 2.05) is 30.3 Å². The van der Waals surface area contributed by atoms with Crippen LogP contribution >= 0.6 is 0 Å². The van der Waals surface area contributed by atoms with Crippen molar-refractivity contribution in [2.45, 2.75) is 24.5 Å². The van der Waals surface area contributed by atoms with E-state index in [0.717, 1.165) is 10.5 Å². The number of carbonyl (C=O) groups is 3. The topological polar surface area (TPSA) is 89.5 Å². The van der Waals surface area contributed by atoms with Crippen LogP contribution in [0.1, 0.15) is 30.3 Å². The van der Waals surface area contributed by atoms with Crippen LogP contribution in [-0.2, 0) is 30.3 Å². The van der Waals surface area contributed by atoms with E-state index >= 15 is 0 Å². The lowest BCUT2D eigenvalue weighted by Gasteiger charge is -2.32. The van der Waals surface area contributed by atoms with Crippen molar-refractivity contribution in [1.29, 1.82) is 0 Å². The second kappa shape index (κ2) is 5.07. The van der Waals surface area contributed by atoms with E-state index in [4.69, 9.17) is 4.74 Å². The number of aromatic nitrogens is 2. The summed E-state index contributed by atoms with van der Waals surface area (Å²) in [5.74, 6) is -2.33. The number of hydrogen-bond acceptors (Lipinski definition) is 6. The minimum atomic E-state index is -1.27. The molecule has 0 saturated carbocycles. The first-order chi connectivity index (χ1) is 12.9. The van der Waals surface area contributed by atoms with Gasteiger partial charge in [-0.05, 0) is 12.5 Å². The van der Waals surface area contributed by atoms with Crippen LogP contribution in [0.5, 0.6) is 0 Å². The van der Waals surface area contributed by atoms with Crippen LogP contribution in [0.4, 0.5) is 0 Å². The van der Waals surface area contributed by atoms with Crippen molar-refractivity contribution < 1.29 is 19.1 Å². The molecule has 1 aromatic carbocycles. The Bertz CT molecular complexity index is 1010. The van der Waals surface area contributed by atoms with Crippen molar-refractivity contribution in [3.8, 4) is 0 Å². The second-order valence-corrected chi connectivity index (χ2v) is 7.42. The molecule has 2 unspecified atom stereocenters. The third-order valence-electron chi connectivity index (χ3n) is 5.98. The standard InChI is InChI=1S/C20H17N3O4/c1-11(24)10-19-13-14(18(26)23(2)17(13)25)20(27-19,12-6-4-3-5-7-12)16-15(19)21-8-9-22-16/h3-9,13-14H,10H2,1-2H3/t13?,14?,19-,20+/m1/s1. The van der Waals surface area contributed by atoms with Gasteiger partial charge in [-0.1, -0.05) is 30.3 Å². The summed E-state index contributed by atoms with van der Waals surface area (Å²) in [6, 6.07) is 9.30. The predicted molar refractivity (Wildman–Crippen MR) is 92.1 cm³/mol. The highest BCUT2D eigenvalue weighted by Crippen LogP contribution is 2.68. The van der Waals surface area contributed by atoms with E-state index < -0.39 is 23.0 Å². The first kappa shape index (κ1) is 16.3. The molecule has 0 spiro atoms. The molecule has 0 N–H and O–H groups in total. The summed E-state index contributed by atoms with van der Waals surface area (Å²) in [5.41, 5.74) is -0.742. The summed E-state index contributed by atoms with van der Waals surface area (Å²) >= 11 is 0. The van der Waals surface area contributed by atoms with Crippen LogP contribution in [0.25, 0.3) is 0 Å². The lowest BCUT2D eigenvalue weighted by molar-refractivity contribution is -0.152. The highest BCUT2D eigenvalue weighted by atomic mass is 16.5.